The molecule has 0 amide bonds. The Bertz CT molecular complexity index is 675. The fourth-order valence-electron chi connectivity index (χ4n) is 4.59. The average molecular weight is 417 g/mol. The summed E-state index contributed by atoms with van der Waals surface area (Å²) in [6.45, 7) is 13.5. The molecule has 0 aromatic heterocycles. The number of likely N-dealkylation sites (tertiary alicyclic amines) is 1. The summed E-state index contributed by atoms with van der Waals surface area (Å²) in [5.74, 6) is 1.35. The Balaban J connectivity index is 1.72. The monoisotopic (exact) mass is 416 g/mol. The second-order valence-electron chi connectivity index (χ2n) is 10.5. The van der Waals surface area contributed by atoms with E-state index in [4.69, 9.17) is 17.2 Å². The third kappa shape index (κ3) is 7.38. The van der Waals surface area contributed by atoms with Crippen LogP contribution in [0.15, 0.2) is 39.9 Å². The minimum Gasteiger partial charge on any atom is -0.402 e. The molecular weight excluding hydrogens is 372 g/mol. The second-order valence-corrected chi connectivity index (χ2v) is 10.5. The maximum atomic E-state index is 6.12. The molecule has 1 saturated carbocycles. The van der Waals surface area contributed by atoms with Crippen LogP contribution in [0.25, 0.3) is 0 Å². The molecule has 0 aromatic rings. The van der Waals surface area contributed by atoms with Gasteiger partial charge in [-0.2, -0.15) is 0 Å². The van der Waals surface area contributed by atoms with Gasteiger partial charge in [0.15, 0.2) is 0 Å². The van der Waals surface area contributed by atoms with Gasteiger partial charge in [-0.05, 0) is 87.6 Å². The van der Waals surface area contributed by atoms with Gasteiger partial charge in [0.1, 0.15) is 0 Å². The highest BCUT2D eigenvalue weighted by atomic mass is 15.1. The molecule has 1 aliphatic heterocycles. The Morgan fingerprint density at radius 3 is 2.30 bits per heavy atom. The summed E-state index contributed by atoms with van der Waals surface area (Å²) in [7, 11) is 1.70. The van der Waals surface area contributed by atoms with Gasteiger partial charge in [0.2, 0.25) is 0 Å². The van der Waals surface area contributed by atoms with E-state index in [9.17, 15) is 0 Å². The molecule has 2 fully saturated rings. The van der Waals surface area contributed by atoms with E-state index in [1.807, 2.05) is 13.0 Å². The van der Waals surface area contributed by atoms with Crippen molar-refractivity contribution in [3.8, 4) is 0 Å². The van der Waals surface area contributed by atoms with Crippen molar-refractivity contribution >= 4 is 6.21 Å². The average Bonchev–Trinajstić information content (AvgIpc) is 2.65. The molecule has 0 atom stereocenters. The van der Waals surface area contributed by atoms with Gasteiger partial charge < -0.3 is 27.4 Å². The van der Waals surface area contributed by atoms with E-state index >= 15 is 0 Å². The Morgan fingerprint density at radius 2 is 1.77 bits per heavy atom. The van der Waals surface area contributed by atoms with Crippen LogP contribution >= 0.6 is 0 Å². The molecule has 6 nitrogen and oxygen atoms in total. The van der Waals surface area contributed by atoms with E-state index in [-0.39, 0.29) is 0 Å². The first-order valence-corrected chi connectivity index (χ1v) is 11.3. The highest BCUT2D eigenvalue weighted by Gasteiger charge is 2.45. The molecule has 0 aromatic carbocycles. The van der Waals surface area contributed by atoms with E-state index < -0.39 is 0 Å². The summed E-state index contributed by atoms with van der Waals surface area (Å²) in [6, 6.07) is 0. The van der Waals surface area contributed by atoms with Gasteiger partial charge >= 0.3 is 0 Å². The van der Waals surface area contributed by atoms with Crippen LogP contribution in [0.4, 0.5) is 0 Å². The first-order chi connectivity index (χ1) is 14.0. The molecule has 0 radical (unpaired) electrons. The summed E-state index contributed by atoms with van der Waals surface area (Å²) in [4.78, 5) is 6.66. The number of hydrogen-bond donors (Lipinski definition) is 4. The second kappa shape index (κ2) is 10.4. The fraction of sp³-hybridized carbons (Fsp3) is 0.708. The van der Waals surface area contributed by atoms with Crippen molar-refractivity contribution in [1.29, 1.82) is 0 Å². The van der Waals surface area contributed by atoms with Crippen LogP contribution in [0.3, 0.4) is 0 Å². The number of aliphatic imine (C=N–C) groups is 1. The first-order valence-electron chi connectivity index (χ1n) is 11.3. The number of nitrogens with zero attached hydrogens (tertiary/aromatic N) is 2. The standard InChI is InChI=1S/C24H44N6/c1-18(25)20(17-28-5)21(26)6-7-22(27)29-16-19-14-24(15-19)9-12-30(13-10-24)11-8-23(2,3)4/h6-7,17,19,29H,8-16,25-27H2,1-5H3/b20-18?,21-6-,22-7+,28-17?. The van der Waals surface area contributed by atoms with Crippen molar-refractivity contribution in [2.45, 2.75) is 59.8 Å². The Morgan fingerprint density at radius 1 is 1.13 bits per heavy atom. The van der Waals surface area contributed by atoms with E-state index in [2.05, 4.69) is 36.0 Å². The van der Waals surface area contributed by atoms with Gasteiger partial charge in [-0.1, -0.05) is 20.8 Å². The molecule has 1 aliphatic carbocycles. The number of piperidine rings is 1. The molecule has 1 heterocycles. The lowest BCUT2D eigenvalue weighted by molar-refractivity contribution is -0.0135. The summed E-state index contributed by atoms with van der Waals surface area (Å²) in [5.41, 5.74) is 21.0. The minimum absolute atomic E-state index is 0.431. The topological polar surface area (TPSA) is 106 Å². The molecule has 1 saturated heterocycles. The first kappa shape index (κ1) is 24.3. The predicted octanol–water partition coefficient (Wildman–Crippen LogP) is 3.08. The Hall–Kier alpha value is -1.95. The summed E-state index contributed by atoms with van der Waals surface area (Å²) >= 11 is 0. The molecule has 30 heavy (non-hydrogen) atoms. The van der Waals surface area contributed by atoms with Crippen molar-refractivity contribution in [2.75, 3.05) is 33.2 Å². The Labute approximate surface area is 183 Å². The maximum absolute atomic E-state index is 6.12. The minimum atomic E-state index is 0.431. The van der Waals surface area contributed by atoms with E-state index in [1.165, 1.54) is 51.7 Å². The van der Waals surface area contributed by atoms with Crippen LogP contribution in [0, 0.1) is 16.7 Å². The highest BCUT2D eigenvalue weighted by molar-refractivity contribution is 5.85. The van der Waals surface area contributed by atoms with E-state index in [0.29, 0.717) is 34.0 Å². The molecule has 2 aliphatic rings. The number of nitrogens with two attached hydrogens (primary N) is 3. The van der Waals surface area contributed by atoms with Crippen LogP contribution in [0.1, 0.15) is 59.8 Å². The van der Waals surface area contributed by atoms with Crippen LogP contribution in [0.2, 0.25) is 0 Å². The third-order valence-corrected chi connectivity index (χ3v) is 6.57. The number of rotatable bonds is 8. The fourth-order valence-corrected chi connectivity index (χ4v) is 4.59. The van der Waals surface area contributed by atoms with Gasteiger partial charge in [0.25, 0.3) is 0 Å². The zero-order valence-corrected chi connectivity index (χ0v) is 19.8. The van der Waals surface area contributed by atoms with Crippen molar-refractivity contribution in [3.05, 3.63) is 34.9 Å². The third-order valence-electron chi connectivity index (χ3n) is 6.57. The van der Waals surface area contributed by atoms with Crippen molar-refractivity contribution < 1.29 is 0 Å². The summed E-state index contributed by atoms with van der Waals surface area (Å²) in [5, 5.41) is 3.36. The normalized spacial score (nSPS) is 22.3. The van der Waals surface area contributed by atoms with E-state index in [0.717, 1.165) is 12.1 Å². The highest BCUT2D eigenvalue weighted by Crippen LogP contribution is 2.52. The van der Waals surface area contributed by atoms with Crippen LogP contribution in [-0.2, 0) is 0 Å². The number of allylic oxidation sites excluding steroid dienone is 4. The number of nitrogens with one attached hydrogen (secondary N) is 1. The maximum Gasteiger partial charge on any atom is 0.0960 e. The summed E-state index contributed by atoms with van der Waals surface area (Å²) in [6.07, 6.45) is 11.9. The smallest absolute Gasteiger partial charge is 0.0960 e. The molecule has 0 unspecified atom stereocenters. The van der Waals surface area contributed by atoms with Crippen LogP contribution < -0.4 is 22.5 Å². The molecule has 7 N–H and O–H groups in total. The van der Waals surface area contributed by atoms with Crippen molar-refractivity contribution in [1.82, 2.24) is 10.2 Å². The zero-order valence-electron chi connectivity index (χ0n) is 19.8. The predicted molar refractivity (Wildman–Crippen MR) is 129 cm³/mol. The lowest BCUT2D eigenvalue weighted by Crippen LogP contribution is -2.49. The van der Waals surface area contributed by atoms with Crippen LogP contribution in [0.5, 0.6) is 0 Å². The summed E-state index contributed by atoms with van der Waals surface area (Å²) < 4.78 is 0. The molecule has 1 spiro atoms. The van der Waals surface area contributed by atoms with Gasteiger partial charge in [-0.15, -0.1) is 0 Å². The molecule has 2 rings (SSSR count). The molecule has 6 heteroatoms. The number of hydrogen-bond acceptors (Lipinski definition) is 6. The molecule has 0 bridgehead atoms. The largest absolute Gasteiger partial charge is 0.402 e. The van der Waals surface area contributed by atoms with Crippen molar-refractivity contribution in [3.63, 3.8) is 0 Å². The Kier molecular flexibility index (Phi) is 8.42. The van der Waals surface area contributed by atoms with E-state index in [1.54, 1.807) is 19.3 Å². The lowest BCUT2D eigenvalue weighted by atomic mass is 9.57. The van der Waals surface area contributed by atoms with Crippen molar-refractivity contribution in [2.24, 2.45) is 38.9 Å². The molecule has 170 valence electrons. The quantitative estimate of drug-likeness (QED) is 0.359. The van der Waals surface area contributed by atoms with Gasteiger partial charge in [-0.3, -0.25) is 4.99 Å². The lowest BCUT2D eigenvalue weighted by Gasteiger charge is -2.52. The van der Waals surface area contributed by atoms with Gasteiger partial charge in [-0.25, -0.2) is 0 Å². The van der Waals surface area contributed by atoms with Gasteiger partial charge in [0, 0.05) is 36.8 Å². The molecular formula is C24H44N6. The SMILES string of the molecule is CN=CC(=C(C)N)/C(N)=C/C=C(\N)NCC1CC2(CCN(CCC(C)(C)C)CC2)C1. The zero-order chi connectivity index (χ0) is 22.4. The van der Waals surface area contributed by atoms with Gasteiger partial charge in [0.05, 0.1) is 5.82 Å². The van der Waals surface area contributed by atoms with Crippen LogP contribution in [-0.4, -0.2) is 44.3 Å².